The van der Waals surface area contributed by atoms with Crippen LogP contribution in [0.3, 0.4) is 0 Å². The zero-order valence-corrected chi connectivity index (χ0v) is 15.3. The Labute approximate surface area is 158 Å². The molecule has 3 N–H and O–H groups in total. The first-order valence-corrected chi connectivity index (χ1v) is 8.64. The first-order chi connectivity index (χ1) is 12.6. The molecule has 0 aliphatic carbocycles. The molecule has 138 valence electrons. The molecule has 0 aliphatic heterocycles. The van der Waals surface area contributed by atoms with Gasteiger partial charge in [0.2, 0.25) is 0 Å². The van der Waals surface area contributed by atoms with E-state index in [0.29, 0.717) is 24.5 Å². The summed E-state index contributed by atoms with van der Waals surface area (Å²) in [5, 5.41) is 14.7. The second-order valence-corrected chi connectivity index (χ2v) is 5.93. The number of aliphatic hydroxyl groups is 1. The van der Waals surface area contributed by atoms with E-state index in [1.807, 2.05) is 30.3 Å². The number of rotatable bonds is 8. The first-order valence-electron chi connectivity index (χ1n) is 8.23. The van der Waals surface area contributed by atoms with Crippen molar-refractivity contribution in [1.82, 2.24) is 10.6 Å². The molecule has 0 saturated heterocycles. The van der Waals surface area contributed by atoms with Crippen LogP contribution in [0.1, 0.15) is 17.3 Å². The quantitative estimate of drug-likeness (QED) is 0.485. The van der Waals surface area contributed by atoms with Gasteiger partial charge < -0.3 is 19.9 Å². The van der Waals surface area contributed by atoms with Crippen molar-refractivity contribution in [2.24, 2.45) is 0 Å². The van der Waals surface area contributed by atoms with Gasteiger partial charge in [-0.05, 0) is 43.4 Å². The number of para-hydroxylation sites is 2. The predicted octanol–water partition coefficient (Wildman–Crippen LogP) is 2.13. The van der Waals surface area contributed by atoms with Crippen molar-refractivity contribution in [3.63, 3.8) is 0 Å². The van der Waals surface area contributed by atoms with Crippen molar-refractivity contribution in [3.8, 4) is 11.5 Å². The molecule has 7 heteroatoms. The van der Waals surface area contributed by atoms with Crippen LogP contribution in [0.5, 0.6) is 11.5 Å². The van der Waals surface area contributed by atoms with E-state index in [1.54, 1.807) is 31.2 Å². The van der Waals surface area contributed by atoms with Crippen LogP contribution in [0.2, 0.25) is 0 Å². The number of carbonyl (C=O) groups is 1. The lowest BCUT2D eigenvalue weighted by Gasteiger charge is -2.14. The van der Waals surface area contributed by atoms with Crippen molar-refractivity contribution < 1.29 is 19.4 Å². The minimum atomic E-state index is -0.565. The lowest BCUT2D eigenvalue weighted by Crippen LogP contribution is -2.41. The molecule has 26 heavy (non-hydrogen) atoms. The zero-order valence-electron chi connectivity index (χ0n) is 14.5. The molecule has 0 spiro atoms. The highest BCUT2D eigenvalue weighted by Gasteiger charge is 2.13. The number of thiocarbonyl (C=S) groups is 1. The van der Waals surface area contributed by atoms with E-state index in [-0.39, 0.29) is 17.6 Å². The minimum Gasteiger partial charge on any atom is -0.490 e. The van der Waals surface area contributed by atoms with Gasteiger partial charge in [-0.3, -0.25) is 10.1 Å². The lowest BCUT2D eigenvalue weighted by atomic mass is 10.2. The van der Waals surface area contributed by atoms with Gasteiger partial charge in [0.1, 0.15) is 24.7 Å². The maximum absolute atomic E-state index is 12.4. The van der Waals surface area contributed by atoms with Gasteiger partial charge in [-0.1, -0.05) is 30.3 Å². The summed E-state index contributed by atoms with van der Waals surface area (Å²) in [5.74, 6) is 0.823. The molecular weight excluding hydrogens is 352 g/mol. The zero-order chi connectivity index (χ0) is 18.8. The van der Waals surface area contributed by atoms with Gasteiger partial charge in [-0.25, -0.2) is 0 Å². The molecule has 0 aliphatic rings. The van der Waals surface area contributed by atoms with E-state index in [1.165, 1.54) is 0 Å². The summed E-state index contributed by atoms with van der Waals surface area (Å²) in [6.07, 6.45) is -0.565. The van der Waals surface area contributed by atoms with Crippen LogP contribution in [0.15, 0.2) is 54.6 Å². The second-order valence-electron chi connectivity index (χ2n) is 5.52. The third kappa shape index (κ3) is 6.70. The summed E-state index contributed by atoms with van der Waals surface area (Å²) in [6, 6.07) is 16.3. The Morgan fingerprint density at radius 2 is 1.73 bits per heavy atom. The maximum Gasteiger partial charge on any atom is 0.261 e. The van der Waals surface area contributed by atoms with E-state index in [9.17, 15) is 9.90 Å². The second kappa shape index (κ2) is 10.4. The highest BCUT2D eigenvalue weighted by Crippen LogP contribution is 2.18. The molecular formula is C19H22N2O4S. The van der Waals surface area contributed by atoms with Gasteiger partial charge in [-0.15, -0.1) is 0 Å². The number of hydrogen-bond acceptors (Lipinski definition) is 5. The Morgan fingerprint density at radius 3 is 2.46 bits per heavy atom. The van der Waals surface area contributed by atoms with Crippen LogP contribution in [0.25, 0.3) is 0 Å². The minimum absolute atomic E-state index is 0.151. The largest absolute Gasteiger partial charge is 0.490 e. The van der Waals surface area contributed by atoms with E-state index < -0.39 is 6.10 Å². The molecule has 2 aromatic rings. The van der Waals surface area contributed by atoms with Gasteiger partial charge in [0.25, 0.3) is 5.91 Å². The Hall–Kier alpha value is -2.64. The monoisotopic (exact) mass is 374 g/mol. The van der Waals surface area contributed by atoms with Crippen LogP contribution in [-0.4, -0.2) is 42.0 Å². The topological polar surface area (TPSA) is 79.8 Å². The summed E-state index contributed by atoms with van der Waals surface area (Å²) in [7, 11) is 0. The SMILES string of the molecule is CC(O)CNC(=S)NC(=O)c1ccccc1OCCOc1ccccc1. The molecule has 1 atom stereocenters. The van der Waals surface area contributed by atoms with Crippen molar-refractivity contribution in [1.29, 1.82) is 0 Å². The smallest absolute Gasteiger partial charge is 0.261 e. The van der Waals surface area contributed by atoms with E-state index in [2.05, 4.69) is 10.6 Å². The van der Waals surface area contributed by atoms with Crippen molar-refractivity contribution in [3.05, 3.63) is 60.2 Å². The average molecular weight is 374 g/mol. The van der Waals surface area contributed by atoms with Crippen LogP contribution < -0.4 is 20.1 Å². The standard InChI is InChI=1S/C19H22N2O4S/c1-14(22)13-20-19(26)21-18(23)16-9-5-6-10-17(16)25-12-11-24-15-7-3-2-4-8-15/h2-10,14,22H,11-13H2,1H3,(H2,20,21,23,26). The number of amides is 1. The van der Waals surface area contributed by atoms with Gasteiger partial charge in [-0.2, -0.15) is 0 Å². The fraction of sp³-hybridized carbons (Fsp3) is 0.263. The Kier molecular flexibility index (Phi) is 7.85. The molecule has 0 radical (unpaired) electrons. The molecule has 0 bridgehead atoms. The lowest BCUT2D eigenvalue weighted by molar-refractivity contribution is 0.0970. The van der Waals surface area contributed by atoms with Crippen LogP contribution in [-0.2, 0) is 0 Å². The highest BCUT2D eigenvalue weighted by atomic mass is 32.1. The van der Waals surface area contributed by atoms with Gasteiger partial charge in [0.05, 0.1) is 11.7 Å². The maximum atomic E-state index is 12.4. The summed E-state index contributed by atoms with van der Waals surface area (Å²) in [5.41, 5.74) is 0.369. The molecule has 2 rings (SSSR count). The predicted molar refractivity (Wildman–Crippen MR) is 104 cm³/mol. The molecule has 0 saturated carbocycles. The summed E-state index contributed by atoms with van der Waals surface area (Å²) >= 11 is 5.04. The molecule has 0 aromatic heterocycles. The number of aliphatic hydroxyl groups excluding tert-OH is 1. The van der Waals surface area contributed by atoms with E-state index in [4.69, 9.17) is 21.7 Å². The molecule has 0 fully saturated rings. The van der Waals surface area contributed by atoms with Crippen molar-refractivity contribution in [2.75, 3.05) is 19.8 Å². The fourth-order valence-corrected chi connectivity index (χ4v) is 2.24. The van der Waals surface area contributed by atoms with Crippen molar-refractivity contribution in [2.45, 2.75) is 13.0 Å². The fourth-order valence-electron chi connectivity index (χ4n) is 2.06. The van der Waals surface area contributed by atoms with E-state index >= 15 is 0 Å². The number of nitrogens with one attached hydrogen (secondary N) is 2. The van der Waals surface area contributed by atoms with E-state index in [0.717, 1.165) is 5.75 Å². The summed E-state index contributed by atoms with van der Waals surface area (Å²) < 4.78 is 11.2. The first kappa shape index (κ1) is 19.7. The van der Waals surface area contributed by atoms with Crippen LogP contribution in [0, 0.1) is 0 Å². The molecule has 1 unspecified atom stereocenters. The Balaban J connectivity index is 1.86. The van der Waals surface area contributed by atoms with Gasteiger partial charge in [0.15, 0.2) is 5.11 Å². The number of hydrogen-bond donors (Lipinski definition) is 3. The highest BCUT2D eigenvalue weighted by molar-refractivity contribution is 7.80. The molecule has 2 aromatic carbocycles. The van der Waals surface area contributed by atoms with Crippen LogP contribution in [0.4, 0.5) is 0 Å². The molecule has 1 amide bonds. The van der Waals surface area contributed by atoms with Gasteiger partial charge in [0, 0.05) is 6.54 Å². The third-order valence-electron chi connectivity index (χ3n) is 3.27. The number of carbonyl (C=O) groups excluding carboxylic acids is 1. The van der Waals surface area contributed by atoms with Gasteiger partial charge >= 0.3 is 0 Å². The Bertz CT molecular complexity index is 722. The molecule has 6 nitrogen and oxygen atoms in total. The average Bonchev–Trinajstić information content (AvgIpc) is 2.64. The normalized spacial score (nSPS) is 11.3. The number of ether oxygens (including phenoxy) is 2. The summed E-state index contributed by atoms with van der Waals surface area (Å²) in [4.78, 5) is 12.4. The molecule has 0 heterocycles. The summed E-state index contributed by atoms with van der Waals surface area (Å²) in [6.45, 7) is 2.53. The third-order valence-corrected chi connectivity index (χ3v) is 3.52. The van der Waals surface area contributed by atoms with Crippen molar-refractivity contribution >= 4 is 23.2 Å². The Morgan fingerprint density at radius 1 is 1.08 bits per heavy atom. The number of benzene rings is 2. The van der Waals surface area contributed by atoms with Crippen LogP contribution >= 0.6 is 12.2 Å².